The van der Waals surface area contributed by atoms with E-state index < -0.39 is 0 Å². The molecule has 114 valence electrons. The van der Waals surface area contributed by atoms with Gasteiger partial charge in [-0.05, 0) is 42.7 Å². The fourth-order valence-electron chi connectivity index (χ4n) is 2.21. The lowest BCUT2D eigenvalue weighted by Gasteiger charge is -2.29. The summed E-state index contributed by atoms with van der Waals surface area (Å²) >= 11 is 3.61. The van der Waals surface area contributed by atoms with E-state index in [9.17, 15) is 0 Å². The molecule has 1 unspecified atom stereocenters. The maximum atomic E-state index is 6.17. The summed E-state index contributed by atoms with van der Waals surface area (Å²) in [6.07, 6.45) is 2.36. The number of rotatable bonds is 8. The highest BCUT2D eigenvalue weighted by atomic mass is 79.9. The van der Waals surface area contributed by atoms with E-state index in [0.29, 0.717) is 5.92 Å². The van der Waals surface area contributed by atoms with Gasteiger partial charge in [-0.1, -0.05) is 67.9 Å². The average molecular weight is 341 g/mol. The largest absolute Gasteiger partial charge is 0.370 e. The van der Waals surface area contributed by atoms with E-state index in [1.807, 2.05) is 0 Å². The van der Waals surface area contributed by atoms with Crippen molar-refractivity contribution in [2.75, 3.05) is 11.9 Å². The topological polar surface area (TPSA) is 9.23 Å². The van der Waals surface area contributed by atoms with Gasteiger partial charge in [0.15, 0.2) is 0 Å². The number of ether oxygens (including phenoxy) is 1. The molecular weight excluding hydrogens is 312 g/mol. The molecule has 0 N–H and O–H groups in total. The van der Waals surface area contributed by atoms with Crippen molar-refractivity contribution in [3.05, 3.63) is 35.4 Å². The lowest BCUT2D eigenvalue weighted by atomic mass is 9.94. The van der Waals surface area contributed by atoms with Crippen LogP contribution in [0.3, 0.4) is 0 Å². The van der Waals surface area contributed by atoms with Gasteiger partial charge < -0.3 is 4.74 Å². The number of hydrogen-bond donors (Lipinski definition) is 0. The summed E-state index contributed by atoms with van der Waals surface area (Å²) in [4.78, 5) is 0. The molecule has 0 fully saturated rings. The van der Waals surface area contributed by atoms with Gasteiger partial charge >= 0.3 is 0 Å². The molecule has 20 heavy (non-hydrogen) atoms. The summed E-state index contributed by atoms with van der Waals surface area (Å²) in [6, 6.07) is 8.86. The number of alkyl halides is 1. The fourth-order valence-corrected chi connectivity index (χ4v) is 2.69. The van der Waals surface area contributed by atoms with Crippen LogP contribution < -0.4 is 0 Å². The predicted molar refractivity (Wildman–Crippen MR) is 91.7 cm³/mol. The van der Waals surface area contributed by atoms with E-state index >= 15 is 0 Å². The van der Waals surface area contributed by atoms with Gasteiger partial charge in [0.25, 0.3) is 0 Å². The quantitative estimate of drug-likeness (QED) is 0.424. The minimum atomic E-state index is -0.230. The molecule has 1 rings (SSSR count). The molecular formula is C18H29BrO. The monoisotopic (exact) mass is 340 g/mol. The third-order valence-electron chi connectivity index (χ3n) is 3.79. The van der Waals surface area contributed by atoms with Gasteiger partial charge in [-0.15, -0.1) is 0 Å². The Morgan fingerprint density at radius 1 is 1.10 bits per heavy atom. The first-order valence-electron chi connectivity index (χ1n) is 7.69. The third kappa shape index (κ3) is 5.21. The van der Waals surface area contributed by atoms with Crippen molar-refractivity contribution >= 4 is 15.9 Å². The van der Waals surface area contributed by atoms with Crippen LogP contribution in [-0.2, 0) is 10.3 Å². The van der Waals surface area contributed by atoms with Crippen LogP contribution in [0.15, 0.2) is 24.3 Å². The van der Waals surface area contributed by atoms with Crippen molar-refractivity contribution in [3.8, 4) is 0 Å². The summed E-state index contributed by atoms with van der Waals surface area (Å²) in [6.45, 7) is 12.0. The number of hydrogen-bond acceptors (Lipinski definition) is 1. The van der Waals surface area contributed by atoms with Crippen molar-refractivity contribution in [1.82, 2.24) is 0 Å². The zero-order chi connectivity index (χ0) is 15.2. The Labute approximate surface area is 133 Å². The van der Waals surface area contributed by atoms with Crippen LogP contribution in [-0.4, -0.2) is 11.9 Å². The fraction of sp³-hybridized carbons (Fsp3) is 0.667. The minimum absolute atomic E-state index is 0.230. The first-order valence-corrected chi connectivity index (χ1v) is 8.81. The summed E-state index contributed by atoms with van der Waals surface area (Å²) in [5, 5.41) is 0.822. The van der Waals surface area contributed by atoms with Crippen molar-refractivity contribution in [1.29, 1.82) is 0 Å². The molecule has 1 aromatic rings. The van der Waals surface area contributed by atoms with E-state index in [4.69, 9.17) is 4.74 Å². The van der Waals surface area contributed by atoms with Gasteiger partial charge in [-0.3, -0.25) is 0 Å². The summed E-state index contributed by atoms with van der Waals surface area (Å²) in [5.74, 6) is 1.32. The normalized spacial score (nSPS) is 14.8. The molecule has 0 spiro atoms. The Balaban J connectivity index is 2.67. The lowest BCUT2D eigenvalue weighted by molar-refractivity contribution is -0.0193. The molecule has 0 saturated carbocycles. The van der Waals surface area contributed by atoms with Crippen LogP contribution >= 0.6 is 15.9 Å². The van der Waals surface area contributed by atoms with Gasteiger partial charge in [0, 0.05) is 11.9 Å². The molecule has 0 saturated heterocycles. The summed E-state index contributed by atoms with van der Waals surface area (Å²) in [7, 11) is 0. The zero-order valence-electron chi connectivity index (χ0n) is 13.6. The Morgan fingerprint density at radius 3 is 2.15 bits per heavy atom. The first kappa shape index (κ1) is 17.7. The van der Waals surface area contributed by atoms with Gasteiger partial charge in [-0.25, -0.2) is 0 Å². The molecule has 0 amide bonds. The minimum Gasteiger partial charge on any atom is -0.370 e. The maximum absolute atomic E-state index is 6.17. The molecule has 0 aromatic heterocycles. The van der Waals surface area contributed by atoms with Gasteiger partial charge in [0.2, 0.25) is 0 Å². The van der Waals surface area contributed by atoms with E-state index in [2.05, 4.69) is 74.8 Å². The van der Waals surface area contributed by atoms with E-state index in [1.165, 1.54) is 17.5 Å². The summed E-state index contributed by atoms with van der Waals surface area (Å²) < 4.78 is 6.17. The molecule has 1 aromatic carbocycles. The van der Waals surface area contributed by atoms with Crippen LogP contribution in [0.2, 0.25) is 0 Å². The van der Waals surface area contributed by atoms with Gasteiger partial charge in [0.1, 0.15) is 0 Å². The van der Waals surface area contributed by atoms with Crippen LogP contribution in [0.4, 0.5) is 0 Å². The van der Waals surface area contributed by atoms with Crippen LogP contribution in [0.25, 0.3) is 0 Å². The average Bonchev–Trinajstić information content (AvgIpc) is 2.43. The highest BCUT2D eigenvalue weighted by Crippen LogP contribution is 2.29. The van der Waals surface area contributed by atoms with E-state index in [-0.39, 0.29) is 5.60 Å². The molecule has 0 radical (unpaired) electrons. The Morgan fingerprint density at radius 2 is 1.70 bits per heavy atom. The number of benzene rings is 1. The molecule has 0 bridgehead atoms. The van der Waals surface area contributed by atoms with E-state index in [0.717, 1.165) is 24.3 Å². The van der Waals surface area contributed by atoms with Crippen molar-refractivity contribution in [2.24, 2.45) is 5.92 Å². The highest BCUT2D eigenvalue weighted by molar-refractivity contribution is 9.09. The second kappa shape index (κ2) is 8.19. The second-order valence-electron chi connectivity index (χ2n) is 6.53. The lowest BCUT2D eigenvalue weighted by Crippen LogP contribution is -2.28. The smallest absolute Gasteiger partial charge is 0.0999 e. The molecule has 2 heteroatoms. The zero-order valence-corrected chi connectivity index (χ0v) is 15.2. The van der Waals surface area contributed by atoms with Gasteiger partial charge in [0.05, 0.1) is 5.60 Å². The molecule has 0 heterocycles. The van der Waals surface area contributed by atoms with Crippen LogP contribution in [0.1, 0.15) is 64.5 Å². The highest BCUT2D eigenvalue weighted by Gasteiger charge is 2.26. The molecule has 1 atom stereocenters. The van der Waals surface area contributed by atoms with Crippen LogP contribution in [0, 0.1) is 5.92 Å². The van der Waals surface area contributed by atoms with Gasteiger partial charge in [-0.2, -0.15) is 0 Å². The number of halogens is 1. The second-order valence-corrected chi connectivity index (χ2v) is 7.09. The first-order chi connectivity index (χ1) is 9.39. The van der Waals surface area contributed by atoms with Crippen molar-refractivity contribution < 1.29 is 4.74 Å². The van der Waals surface area contributed by atoms with Crippen molar-refractivity contribution in [2.45, 2.75) is 59.0 Å². The SMILES string of the molecule is CC(C)CCCOC(C)(CBr)c1ccc(C(C)C)cc1. The Kier molecular flexibility index (Phi) is 7.25. The molecule has 0 aliphatic rings. The third-order valence-corrected chi connectivity index (χ3v) is 4.86. The van der Waals surface area contributed by atoms with Crippen molar-refractivity contribution in [3.63, 3.8) is 0 Å². The Bertz CT molecular complexity index is 383. The predicted octanol–water partition coefficient (Wildman–Crippen LogP) is 5.87. The maximum Gasteiger partial charge on any atom is 0.0999 e. The molecule has 0 aliphatic heterocycles. The molecule has 0 aliphatic carbocycles. The van der Waals surface area contributed by atoms with Crippen LogP contribution in [0.5, 0.6) is 0 Å². The van der Waals surface area contributed by atoms with E-state index in [1.54, 1.807) is 0 Å². The standard InChI is InChI=1S/C18H29BrO/c1-14(2)7-6-12-20-18(5,13-19)17-10-8-16(9-11-17)15(3)4/h8-11,14-15H,6-7,12-13H2,1-5H3. The Hall–Kier alpha value is -0.340. The summed E-state index contributed by atoms with van der Waals surface area (Å²) in [5.41, 5.74) is 2.40. The molecule has 1 nitrogen and oxygen atoms in total.